The van der Waals surface area contributed by atoms with Crippen LogP contribution in [0.2, 0.25) is 5.15 Å². The molecule has 0 spiro atoms. The molecule has 0 radical (unpaired) electrons. The van der Waals surface area contributed by atoms with Gasteiger partial charge in [0.25, 0.3) is 5.15 Å². The molecule has 1 N–H and O–H groups in total. The average Bonchev–Trinajstić information content (AvgIpc) is 2.11. The summed E-state index contributed by atoms with van der Waals surface area (Å²) >= 11 is 5.64. The first kappa shape index (κ1) is 13.6. The van der Waals surface area contributed by atoms with E-state index in [4.69, 9.17) is 16.3 Å². The smallest absolute Gasteiger partial charge is 0.412 e. The van der Waals surface area contributed by atoms with Crippen molar-refractivity contribution in [3.05, 3.63) is 28.2 Å². The fraction of sp³-hybridized carbons (Fsp3) is 0.455. The number of anilines is 1. The minimum absolute atomic E-state index is 0.0530. The summed E-state index contributed by atoms with van der Waals surface area (Å²) in [5, 5.41) is 13.8. The van der Waals surface area contributed by atoms with E-state index in [1.165, 1.54) is 12.3 Å². The van der Waals surface area contributed by atoms with Crippen LogP contribution in [-0.2, 0) is 4.74 Å². The number of aryl methyl sites for hydroxylation is 1. The van der Waals surface area contributed by atoms with E-state index in [1.807, 2.05) is 0 Å². The Kier molecular flexibility index (Phi) is 3.83. The maximum absolute atomic E-state index is 11.5. The van der Waals surface area contributed by atoms with E-state index >= 15 is 0 Å². The molecule has 0 aliphatic rings. The summed E-state index contributed by atoms with van der Waals surface area (Å²) in [5.41, 5.74) is 0.476. The molecule has 94 valence electrons. The molecule has 0 aliphatic carbocycles. The number of aromatic nitrogens is 1. The molecular formula is C11H15ClN2O3. The van der Waals surface area contributed by atoms with Crippen LogP contribution in [-0.4, -0.2) is 11.7 Å². The van der Waals surface area contributed by atoms with Crippen molar-refractivity contribution in [1.82, 2.24) is 0 Å². The summed E-state index contributed by atoms with van der Waals surface area (Å²) in [6.45, 7) is 7.01. The molecule has 1 aromatic heterocycles. The van der Waals surface area contributed by atoms with Crippen molar-refractivity contribution >= 4 is 23.4 Å². The van der Waals surface area contributed by atoms with Crippen LogP contribution in [0.1, 0.15) is 26.3 Å². The summed E-state index contributed by atoms with van der Waals surface area (Å²) in [6, 6.07) is 1.47. The van der Waals surface area contributed by atoms with Crippen molar-refractivity contribution < 1.29 is 14.3 Å². The van der Waals surface area contributed by atoms with Gasteiger partial charge in [0, 0.05) is 6.07 Å². The van der Waals surface area contributed by atoms with Gasteiger partial charge in [-0.25, -0.2) is 4.79 Å². The quantitative estimate of drug-likeness (QED) is 0.478. The number of hydrogen-bond acceptors (Lipinski definition) is 3. The lowest BCUT2D eigenvalue weighted by Crippen LogP contribution is -2.31. The number of amides is 1. The summed E-state index contributed by atoms with van der Waals surface area (Å²) in [5.74, 6) is 0. The third-order valence-corrected chi connectivity index (χ3v) is 2.13. The molecule has 1 rings (SSSR count). The van der Waals surface area contributed by atoms with Crippen LogP contribution < -0.4 is 10.0 Å². The van der Waals surface area contributed by atoms with E-state index in [0.717, 1.165) is 0 Å². The van der Waals surface area contributed by atoms with Gasteiger partial charge in [-0.2, -0.15) is 4.73 Å². The van der Waals surface area contributed by atoms with Gasteiger partial charge in [-0.3, -0.25) is 5.32 Å². The molecule has 0 saturated heterocycles. The molecule has 5 nitrogen and oxygen atoms in total. The molecule has 0 fully saturated rings. The van der Waals surface area contributed by atoms with Gasteiger partial charge in [0.1, 0.15) is 11.3 Å². The Hall–Kier alpha value is -1.49. The second-order valence-corrected chi connectivity index (χ2v) is 5.03. The minimum atomic E-state index is -0.608. The van der Waals surface area contributed by atoms with Crippen molar-refractivity contribution in [2.24, 2.45) is 0 Å². The second-order valence-electron chi connectivity index (χ2n) is 4.65. The molecule has 1 amide bonds. The first-order valence-electron chi connectivity index (χ1n) is 5.08. The fourth-order valence-electron chi connectivity index (χ4n) is 1.15. The highest BCUT2D eigenvalue weighted by molar-refractivity contribution is 6.28. The number of pyridine rings is 1. The van der Waals surface area contributed by atoms with Crippen molar-refractivity contribution in [2.45, 2.75) is 33.3 Å². The third-order valence-electron chi connectivity index (χ3n) is 1.85. The molecule has 0 atom stereocenters. The molecule has 17 heavy (non-hydrogen) atoms. The Morgan fingerprint density at radius 1 is 1.53 bits per heavy atom. The van der Waals surface area contributed by atoms with Crippen molar-refractivity contribution in [1.29, 1.82) is 0 Å². The Morgan fingerprint density at radius 2 is 2.12 bits per heavy atom. The normalized spacial score (nSPS) is 11.1. The van der Waals surface area contributed by atoms with Crippen LogP contribution in [0.15, 0.2) is 12.3 Å². The van der Waals surface area contributed by atoms with E-state index in [-0.39, 0.29) is 5.15 Å². The Morgan fingerprint density at radius 3 is 2.65 bits per heavy atom. The highest BCUT2D eigenvalue weighted by atomic mass is 35.5. The molecule has 1 aromatic rings. The summed E-state index contributed by atoms with van der Waals surface area (Å²) in [6.07, 6.45) is 0.588. The van der Waals surface area contributed by atoms with Crippen LogP contribution in [0.3, 0.4) is 0 Å². The minimum Gasteiger partial charge on any atom is -0.618 e. The predicted octanol–water partition coefficient (Wildman–Crippen LogP) is 2.63. The van der Waals surface area contributed by atoms with Gasteiger partial charge in [0.15, 0.2) is 0 Å². The first-order chi connectivity index (χ1) is 7.69. The number of nitrogens with one attached hydrogen (secondary N) is 1. The largest absolute Gasteiger partial charge is 0.618 e. The molecule has 0 aliphatic heterocycles. The second kappa shape index (κ2) is 4.79. The number of carbonyl (C=O) groups excluding carboxylic acids is 1. The van der Waals surface area contributed by atoms with Crippen LogP contribution in [0.4, 0.5) is 10.5 Å². The van der Waals surface area contributed by atoms with Crippen LogP contribution >= 0.6 is 11.6 Å². The Balaban J connectivity index is 2.82. The highest BCUT2D eigenvalue weighted by Gasteiger charge is 2.18. The lowest BCUT2D eigenvalue weighted by molar-refractivity contribution is -0.602. The number of rotatable bonds is 1. The SMILES string of the molecule is Cc1cc(Cl)[n+]([O-])cc1NC(=O)OC(C)(C)C. The zero-order chi connectivity index (χ0) is 13.2. The van der Waals surface area contributed by atoms with Gasteiger partial charge < -0.3 is 9.94 Å². The lowest BCUT2D eigenvalue weighted by Gasteiger charge is -2.19. The van der Waals surface area contributed by atoms with Crippen LogP contribution in [0.25, 0.3) is 0 Å². The number of ether oxygens (including phenoxy) is 1. The van der Waals surface area contributed by atoms with E-state index in [9.17, 15) is 10.0 Å². The summed E-state index contributed by atoms with van der Waals surface area (Å²) in [4.78, 5) is 11.5. The highest BCUT2D eigenvalue weighted by Crippen LogP contribution is 2.17. The summed E-state index contributed by atoms with van der Waals surface area (Å²) in [7, 11) is 0. The van der Waals surface area contributed by atoms with Gasteiger partial charge >= 0.3 is 6.09 Å². The average molecular weight is 259 g/mol. The topological polar surface area (TPSA) is 65.3 Å². The van der Waals surface area contributed by atoms with E-state index in [1.54, 1.807) is 27.7 Å². The zero-order valence-corrected chi connectivity index (χ0v) is 11.0. The molecule has 1 heterocycles. The Bertz CT molecular complexity index is 441. The first-order valence-corrected chi connectivity index (χ1v) is 5.46. The van der Waals surface area contributed by atoms with Crippen LogP contribution in [0.5, 0.6) is 0 Å². The maximum atomic E-state index is 11.5. The third kappa shape index (κ3) is 4.11. The number of hydrogen-bond donors (Lipinski definition) is 1. The number of carbonyl (C=O) groups is 1. The van der Waals surface area contributed by atoms with Crippen LogP contribution in [0, 0.1) is 12.1 Å². The molecule has 0 unspecified atom stereocenters. The van der Waals surface area contributed by atoms with Gasteiger partial charge in [0.2, 0.25) is 6.20 Å². The summed E-state index contributed by atoms with van der Waals surface area (Å²) < 4.78 is 5.55. The molecule has 6 heteroatoms. The number of nitrogens with zero attached hydrogens (tertiary/aromatic N) is 1. The fourth-order valence-corrected chi connectivity index (χ4v) is 1.36. The van der Waals surface area contributed by atoms with Gasteiger partial charge in [-0.1, -0.05) is 0 Å². The van der Waals surface area contributed by atoms with Crippen molar-refractivity contribution in [2.75, 3.05) is 5.32 Å². The lowest BCUT2D eigenvalue weighted by atomic mass is 10.2. The van der Waals surface area contributed by atoms with Crippen molar-refractivity contribution in [3.63, 3.8) is 0 Å². The van der Waals surface area contributed by atoms with Crippen molar-refractivity contribution in [3.8, 4) is 0 Å². The van der Waals surface area contributed by atoms with Gasteiger partial charge in [-0.15, -0.1) is 0 Å². The van der Waals surface area contributed by atoms with Gasteiger partial charge in [-0.05, 0) is 44.9 Å². The Labute approximate surface area is 105 Å². The molecular weight excluding hydrogens is 244 g/mol. The standard InChI is InChI=1S/C11H15ClN2O3/c1-7-5-9(12)14(16)6-8(7)13-10(15)17-11(2,3)4/h5-6H,1-4H3,(H,13,15). The van der Waals surface area contributed by atoms with E-state index in [2.05, 4.69) is 5.32 Å². The monoisotopic (exact) mass is 258 g/mol. The van der Waals surface area contributed by atoms with Gasteiger partial charge in [0.05, 0.1) is 0 Å². The molecule has 0 bridgehead atoms. The van der Waals surface area contributed by atoms with E-state index in [0.29, 0.717) is 16.0 Å². The molecule has 0 saturated carbocycles. The molecule has 0 aromatic carbocycles. The zero-order valence-electron chi connectivity index (χ0n) is 10.2. The predicted molar refractivity (Wildman–Crippen MR) is 65.0 cm³/mol. The maximum Gasteiger partial charge on any atom is 0.412 e. The van der Waals surface area contributed by atoms with E-state index < -0.39 is 11.7 Å². The number of halogens is 1.